The quantitative estimate of drug-likeness (QED) is 0.644. The third-order valence-electron chi connectivity index (χ3n) is 3.90. The van der Waals surface area contributed by atoms with Gasteiger partial charge in [0.2, 0.25) is 5.95 Å². The smallest absolute Gasteiger partial charge is 0.224 e. The Hall–Kier alpha value is -3.15. The van der Waals surface area contributed by atoms with Crippen LogP contribution in [0.1, 0.15) is 11.1 Å². The van der Waals surface area contributed by atoms with E-state index in [1.54, 1.807) is 31.5 Å². The van der Waals surface area contributed by atoms with Crippen molar-refractivity contribution in [2.24, 2.45) is 0 Å². The van der Waals surface area contributed by atoms with Crippen LogP contribution in [0.2, 0.25) is 0 Å². The van der Waals surface area contributed by atoms with Gasteiger partial charge in [0.25, 0.3) is 0 Å². The van der Waals surface area contributed by atoms with Crippen LogP contribution < -0.4 is 15.4 Å². The number of hydrogen-bond donors (Lipinski definition) is 2. The predicted octanol–water partition coefficient (Wildman–Crippen LogP) is 3.89. The summed E-state index contributed by atoms with van der Waals surface area (Å²) in [4.78, 5) is 8.67. The highest BCUT2D eigenvalue weighted by atomic mass is 19.1. The molecule has 1 aromatic heterocycles. The molecule has 0 bridgehead atoms. The zero-order valence-electron chi connectivity index (χ0n) is 14.6. The van der Waals surface area contributed by atoms with Gasteiger partial charge in [0.15, 0.2) is 0 Å². The molecular weight excluding hydrogens is 331 g/mol. The standard InChI is InChI=1S/C20H21FN4O/c1-26-18-8-4-15(5-9-18)10-12-22-20-23-13-11-19(25-20)24-14-16-2-6-17(21)7-3-16/h2-9,11,13H,10,12,14H2,1H3,(H2,22,23,24,25). The van der Waals surface area contributed by atoms with Crippen molar-refractivity contribution in [2.45, 2.75) is 13.0 Å². The highest BCUT2D eigenvalue weighted by Crippen LogP contribution is 2.12. The molecule has 2 aromatic carbocycles. The van der Waals surface area contributed by atoms with Crippen molar-refractivity contribution in [3.8, 4) is 5.75 Å². The van der Waals surface area contributed by atoms with E-state index < -0.39 is 0 Å². The first kappa shape index (κ1) is 17.7. The van der Waals surface area contributed by atoms with Crippen molar-refractivity contribution in [3.63, 3.8) is 0 Å². The fraction of sp³-hybridized carbons (Fsp3) is 0.200. The summed E-state index contributed by atoms with van der Waals surface area (Å²) < 4.78 is 18.1. The molecule has 0 spiro atoms. The second kappa shape index (κ2) is 8.80. The fourth-order valence-electron chi connectivity index (χ4n) is 2.45. The van der Waals surface area contributed by atoms with Gasteiger partial charge in [0.05, 0.1) is 7.11 Å². The largest absolute Gasteiger partial charge is 0.497 e. The lowest BCUT2D eigenvalue weighted by atomic mass is 10.1. The van der Waals surface area contributed by atoms with Crippen molar-refractivity contribution in [3.05, 3.63) is 77.7 Å². The minimum Gasteiger partial charge on any atom is -0.497 e. The molecule has 0 unspecified atom stereocenters. The first-order chi connectivity index (χ1) is 12.7. The number of ether oxygens (including phenoxy) is 1. The van der Waals surface area contributed by atoms with Gasteiger partial charge in [0.1, 0.15) is 17.4 Å². The van der Waals surface area contributed by atoms with E-state index in [0.717, 1.165) is 30.1 Å². The first-order valence-corrected chi connectivity index (χ1v) is 8.41. The number of nitrogens with one attached hydrogen (secondary N) is 2. The van der Waals surface area contributed by atoms with Gasteiger partial charge in [-0.3, -0.25) is 0 Å². The van der Waals surface area contributed by atoms with Gasteiger partial charge in [-0.1, -0.05) is 24.3 Å². The minimum absolute atomic E-state index is 0.237. The molecule has 5 nitrogen and oxygen atoms in total. The second-order valence-corrected chi connectivity index (χ2v) is 5.77. The zero-order valence-corrected chi connectivity index (χ0v) is 14.6. The molecule has 0 radical (unpaired) electrons. The normalized spacial score (nSPS) is 10.4. The van der Waals surface area contributed by atoms with Crippen LogP contribution in [0.15, 0.2) is 60.8 Å². The van der Waals surface area contributed by atoms with Gasteiger partial charge in [0, 0.05) is 19.3 Å². The van der Waals surface area contributed by atoms with E-state index in [-0.39, 0.29) is 5.82 Å². The van der Waals surface area contributed by atoms with Crippen LogP contribution in [-0.2, 0) is 13.0 Å². The molecule has 3 aromatic rings. The summed E-state index contributed by atoms with van der Waals surface area (Å²) in [5.74, 6) is 1.91. The lowest BCUT2D eigenvalue weighted by molar-refractivity contribution is 0.414. The van der Waals surface area contributed by atoms with Gasteiger partial charge in [-0.25, -0.2) is 9.37 Å². The Balaban J connectivity index is 1.49. The summed E-state index contributed by atoms with van der Waals surface area (Å²) in [6, 6.07) is 16.2. The maximum absolute atomic E-state index is 12.9. The Morgan fingerprint density at radius 2 is 1.65 bits per heavy atom. The van der Waals surface area contributed by atoms with E-state index in [2.05, 4.69) is 20.6 Å². The molecule has 0 aliphatic rings. The van der Waals surface area contributed by atoms with E-state index in [0.29, 0.717) is 12.5 Å². The Labute approximate surface area is 152 Å². The van der Waals surface area contributed by atoms with Gasteiger partial charge in [-0.15, -0.1) is 0 Å². The molecule has 0 amide bonds. The van der Waals surface area contributed by atoms with E-state index in [4.69, 9.17) is 4.74 Å². The highest BCUT2D eigenvalue weighted by Gasteiger charge is 2.01. The average molecular weight is 352 g/mol. The molecule has 26 heavy (non-hydrogen) atoms. The first-order valence-electron chi connectivity index (χ1n) is 8.41. The third kappa shape index (κ3) is 5.17. The molecule has 0 aliphatic carbocycles. The molecule has 6 heteroatoms. The zero-order chi connectivity index (χ0) is 18.2. The van der Waals surface area contributed by atoms with Crippen molar-refractivity contribution in [1.29, 1.82) is 0 Å². The Kier molecular flexibility index (Phi) is 5.98. The number of halogens is 1. The number of benzene rings is 2. The third-order valence-corrected chi connectivity index (χ3v) is 3.90. The number of anilines is 2. The maximum atomic E-state index is 12.9. The van der Waals surface area contributed by atoms with Crippen LogP contribution in [0.4, 0.5) is 16.2 Å². The van der Waals surface area contributed by atoms with E-state index in [1.165, 1.54) is 17.7 Å². The van der Waals surface area contributed by atoms with Crippen LogP contribution >= 0.6 is 0 Å². The van der Waals surface area contributed by atoms with Crippen LogP contribution in [0.5, 0.6) is 5.75 Å². The predicted molar refractivity (Wildman–Crippen MR) is 101 cm³/mol. The molecule has 1 heterocycles. The topological polar surface area (TPSA) is 59.1 Å². The molecule has 0 saturated carbocycles. The summed E-state index contributed by atoms with van der Waals surface area (Å²) in [5, 5.41) is 6.44. The lowest BCUT2D eigenvalue weighted by Crippen LogP contribution is -2.09. The number of rotatable bonds is 8. The van der Waals surface area contributed by atoms with Crippen molar-refractivity contribution < 1.29 is 9.13 Å². The number of methoxy groups -OCH3 is 1. The molecule has 134 valence electrons. The second-order valence-electron chi connectivity index (χ2n) is 5.77. The molecule has 2 N–H and O–H groups in total. The van der Waals surface area contributed by atoms with Crippen LogP contribution in [0.25, 0.3) is 0 Å². The Morgan fingerprint density at radius 1 is 0.923 bits per heavy atom. The van der Waals surface area contributed by atoms with Crippen LogP contribution in [0.3, 0.4) is 0 Å². The van der Waals surface area contributed by atoms with E-state index >= 15 is 0 Å². The molecular formula is C20H21FN4O. The van der Waals surface area contributed by atoms with Crippen molar-refractivity contribution >= 4 is 11.8 Å². The van der Waals surface area contributed by atoms with Gasteiger partial charge in [-0.05, 0) is 47.9 Å². The van der Waals surface area contributed by atoms with E-state index in [1.807, 2.05) is 24.3 Å². The van der Waals surface area contributed by atoms with Crippen LogP contribution in [-0.4, -0.2) is 23.6 Å². The average Bonchev–Trinajstić information content (AvgIpc) is 2.68. The Bertz CT molecular complexity index is 822. The van der Waals surface area contributed by atoms with Crippen molar-refractivity contribution in [1.82, 2.24) is 9.97 Å². The van der Waals surface area contributed by atoms with Crippen LogP contribution in [0, 0.1) is 5.82 Å². The summed E-state index contributed by atoms with van der Waals surface area (Å²) in [6.45, 7) is 1.30. The highest BCUT2D eigenvalue weighted by molar-refractivity contribution is 5.40. The summed E-state index contributed by atoms with van der Waals surface area (Å²) >= 11 is 0. The number of nitrogens with zero attached hydrogens (tertiary/aromatic N) is 2. The summed E-state index contributed by atoms with van der Waals surface area (Å²) in [6.07, 6.45) is 2.57. The lowest BCUT2D eigenvalue weighted by Gasteiger charge is -2.09. The van der Waals surface area contributed by atoms with Gasteiger partial charge in [-0.2, -0.15) is 4.98 Å². The minimum atomic E-state index is -0.237. The molecule has 0 fully saturated rings. The monoisotopic (exact) mass is 352 g/mol. The van der Waals surface area contributed by atoms with E-state index in [9.17, 15) is 4.39 Å². The SMILES string of the molecule is COc1ccc(CCNc2nccc(NCc3ccc(F)cc3)n2)cc1. The molecule has 0 aliphatic heterocycles. The number of aromatic nitrogens is 2. The summed E-state index contributed by atoms with van der Waals surface area (Å²) in [7, 11) is 1.66. The van der Waals surface area contributed by atoms with Crippen molar-refractivity contribution in [2.75, 3.05) is 24.3 Å². The molecule has 0 atom stereocenters. The molecule has 3 rings (SSSR count). The fourth-order valence-corrected chi connectivity index (χ4v) is 2.45. The van der Waals surface area contributed by atoms with Gasteiger partial charge >= 0.3 is 0 Å². The Morgan fingerprint density at radius 3 is 2.38 bits per heavy atom. The van der Waals surface area contributed by atoms with Gasteiger partial charge < -0.3 is 15.4 Å². The maximum Gasteiger partial charge on any atom is 0.224 e. The number of hydrogen-bond acceptors (Lipinski definition) is 5. The summed E-state index contributed by atoms with van der Waals surface area (Å²) in [5.41, 5.74) is 2.20. The molecule has 0 saturated heterocycles.